The van der Waals surface area contributed by atoms with Crippen molar-refractivity contribution >= 4 is 43.7 Å². The summed E-state index contributed by atoms with van der Waals surface area (Å²) in [7, 11) is 0. The molecular formula is C51H32N4O. The monoisotopic (exact) mass is 716 g/mol. The van der Waals surface area contributed by atoms with E-state index in [1.54, 1.807) is 0 Å². The van der Waals surface area contributed by atoms with Crippen LogP contribution in [0, 0.1) is 0 Å². The molecule has 0 fully saturated rings. The molecule has 0 spiro atoms. The van der Waals surface area contributed by atoms with Crippen molar-refractivity contribution in [2.45, 2.75) is 0 Å². The maximum atomic E-state index is 6.79. The zero-order chi connectivity index (χ0) is 37.0. The first kappa shape index (κ1) is 31.9. The zero-order valence-electron chi connectivity index (χ0n) is 30.2. The van der Waals surface area contributed by atoms with E-state index >= 15 is 0 Å². The molecule has 11 aromatic rings. The average Bonchev–Trinajstić information content (AvgIpc) is 3.82. The third-order valence-electron chi connectivity index (χ3n) is 10.7. The van der Waals surface area contributed by atoms with Gasteiger partial charge in [-0.3, -0.25) is 0 Å². The lowest BCUT2D eigenvalue weighted by Crippen LogP contribution is -2.00. The molecule has 3 aromatic heterocycles. The van der Waals surface area contributed by atoms with Crippen molar-refractivity contribution < 1.29 is 4.42 Å². The highest BCUT2D eigenvalue weighted by atomic mass is 16.3. The normalized spacial score (nSPS) is 11.6. The minimum atomic E-state index is 0.585. The first-order valence-corrected chi connectivity index (χ1v) is 18.8. The Bertz CT molecular complexity index is 3240. The molecule has 11 rings (SSSR count). The van der Waals surface area contributed by atoms with Gasteiger partial charge in [0.05, 0.1) is 11.0 Å². The van der Waals surface area contributed by atoms with Gasteiger partial charge in [-0.05, 0) is 65.2 Å². The van der Waals surface area contributed by atoms with Crippen LogP contribution >= 0.6 is 0 Å². The third-order valence-corrected chi connectivity index (χ3v) is 10.7. The van der Waals surface area contributed by atoms with Crippen LogP contribution in [0.25, 0.3) is 106 Å². The number of fused-ring (bicyclic) bond motifs is 6. The van der Waals surface area contributed by atoms with Crippen LogP contribution in [0.15, 0.2) is 199 Å². The smallest absolute Gasteiger partial charge is 0.164 e. The summed E-state index contributed by atoms with van der Waals surface area (Å²) in [4.78, 5) is 15.1. The Morgan fingerprint density at radius 3 is 1.70 bits per heavy atom. The Labute approximate surface area is 322 Å². The number of rotatable bonds is 6. The fourth-order valence-corrected chi connectivity index (χ4v) is 7.98. The Kier molecular flexibility index (Phi) is 7.42. The van der Waals surface area contributed by atoms with Gasteiger partial charge < -0.3 is 8.98 Å². The maximum absolute atomic E-state index is 6.79. The van der Waals surface area contributed by atoms with Gasteiger partial charge in [0.2, 0.25) is 0 Å². The maximum Gasteiger partial charge on any atom is 0.164 e. The van der Waals surface area contributed by atoms with Crippen molar-refractivity contribution in [3.63, 3.8) is 0 Å². The average molecular weight is 717 g/mol. The first-order valence-electron chi connectivity index (χ1n) is 18.8. The van der Waals surface area contributed by atoms with Gasteiger partial charge in [0.1, 0.15) is 11.2 Å². The summed E-state index contributed by atoms with van der Waals surface area (Å²) in [6, 6.07) is 67.4. The molecule has 0 bridgehead atoms. The van der Waals surface area contributed by atoms with E-state index in [1.165, 1.54) is 21.8 Å². The summed E-state index contributed by atoms with van der Waals surface area (Å²) in [5, 5.41) is 4.52. The number of para-hydroxylation sites is 3. The van der Waals surface area contributed by atoms with Crippen LogP contribution in [0.1, 0.15) is 0 Å². The van der Waals surface area contributed by atoms with Crippen LogP contribution in [0.2, 0.25) is 0 Å². The summed E-state index contributed by atoms with van der Waals surface area (Å²) >= 11 is 0. The van der Waals surface area contributed by atoms with E-state index in [4.69, 9.17) is 19.4 Å². The lowest BCUT2D eigenvalue weighted by atomic mass is 10.00. The molecule has 0 unspecified atom stereocenters. The van der Waals surface area contributed by atoms with E-state index in [1.807, 2.05) is 36.4 Å². The minimum Gasteiger partial charge on any atom is -0.455 e. The summed E-state index contributed by atoms with van der Waals surface area (Å²) in [6.45, 7) is 0. The second kappa shape index (κ2) is 13.0. The number of aromatic nitrogens is 4. The summed E-state index contributed by atoms with van der Waals surface area (Å²) in [5.41, 5.74) is 12.2. The molecule has 0 N–H and O–H groups in total. The molecule has 0 atom stereocenters. The molecule has 3 heterocycles. The first-order chi connectivity index (χ1) is 27.7. The lowest BCUT2D eigenvalue weighted by Gasteiger charge is -2.09. The summed E-state index contributed by atoms with van der Waals surface area (Å²) < 4.78 is 9.13. The van der Waals surface area contributed by atoms with Crippen LogP contribution in [0.4, 0.5) is 0 Å². The number of furan rings is 1. The lowest BCUT2D eigenvalue weighted by molar-refractivity contribution is 0.670. The van der Waals surface area contributed by atoms with Crippen molar-refractivity contribution in [2.75, 3.05) is 0 Å². The van der Waals surface area contributed by atoms with Crippen molar-refractivity contribution in [1.29, 1.82) is 0 Å². The van der Waals surface area contributed by atoms with E-state index in [2.05, 4.69) is 162 Å². The largest absolute Gasteiger partial charge is 0.455 e. The number of hydrogen-bond acceptors (Lipinski definition) is 4. The van der Waals surface area contributed by atoms with E-state index in [0.29, 0.717) is 17.5 Å². The molecule has 0 radical (unpaired) electrons. The highest BCUT2D eigenvalue weighted by Gasteiger charge is 2.18. The minimum absolute atomic E-state index is 0.585. The van der Waals surface area contributed by atoms with Gasteiger partial charge in [0.15, 0.2) is 17.5 Å². The van der Waals surface area contributed by atoms with Gasteiger partial charge >= 0.3 is 0 Å². The second-order valence-electron chi connectivity index (χ2n) is 14.0. The fraction of sp³-hybridized carbons (Fsp3) is 0. The SMILES string of the molecule is c1ccc(-c2cccc(-c3nc(-c4ccccc4)nc(-c4ccc5c(c4)oc4c(-c6ccc7c(c6)c6ccccc6n7-c6ccccc6)cccc45)n3)c2)cc1. The highest BCUT2D eigenvalue weighted by molar-refractivity contribution is 6.13. The standard InChI is InChI=1S/C51H32N4O/c1-4-14-33(15-5-1)35-18-12-19-37(30-35)50-52-49(34-16-6-2-7-17-34)53-51(54-50)38-26-28-42-43-24-13-23-40(48(43)56-47(42)32-38)36-27-29-46-44(31-36)41-22-10-11-25-45(41)55(46)39-20-8-3-9-21-39/h1-32H. The molecule has 0 amide bonds. The Balaban J connectivity index is 1.04. The van der Waals surface area contributed by atoms with Gasteiger partial charge in [-0.15, -0.1) is 0 Å². The molecule has 0 saturated carbocycles. The number of hydrogen-bond donors (Lipinski definition) is 0. The van der Waals surface area contributed by atoms with Crippen molar-refractivity contribution in [2.24, 2.45) is 0 Å². The van der Waals surface area contributed by atoms with Crippen LogP contribution in [-0.4, -0.2) is 19.5 Å². The molecule has 262 valence electrons. The molecule has 0 aliphatic carbocycles. The van der Waals surface area contributed by atoms with Crippen LogP contribution in [0.3, 0.4) is 0 Å². The van der Waals surface area contributed by atoms with Gasteiger partial charge in [-0.1, -0.05) is 146 Å². The van der Waals surface area contributed by atoms with Gasteiger partial charge in [0, 0.05) is 49.5 Å². The molecule has 0 aliphatic heterocycles. The van der Waals surface area contributed by atoms with E-state index < -0.39 is 0 Å². The van der Waals surface area contributed by atoms with Crippen LogP contribution in [-0.2, 0) is 0 Å². The number of benzene rings is 8. The summed E-state index contributed by atoms with van der Waals surface area (Å²) in [5.74, 6) is 1.82. The quantitative estimate of drug-likeness (QED) is 0.172. The van der Waals surface area contributed by atoms with E-state index in [9.17, 15) is 0 Å². The molecule has 8 aromatic carbocycles. The number of nitrogens with zero attached hydrogens (tertiary/aromatic N) is 4. The molecule has 5 nitrogen and oxygen atoms in total. The zero-order valence-corrected chi connectivity index (χ0v) is 30.2. The highest BCUT2D eigenvalue weighted by Crippen LogP contribution is 2.40. The molecular weight excluding hydrogens is 685 g/mol. The second-order valence-corrected chi connectivity index (χ2v) is 14.0. The predicted molar refractivity (Wildman–Crippen MR) is 229 cm³/mol. The molecule has 0 aliphatic rings. The third kappa shape index (κ3) is 5.37. The molecule has 56 heavy (non-hydrogen) atoms. The Hall–Kier alpha value is -7.63. The van der Waals surface area contributed by atoms with Crippen LogP contribution in [0.5, 0.6) is 0 Å². The van der Waals surface area contributed by atoms with Gasteiger partial charge in [-0.2, -0.15) is 0 Å². The van der Waals surface area contributed by atoms with Crippen molar-refractivity contribution in [3.8, 4) is 62.1 Å². The Morgan fingerprint density at radius 1 is 0.339 bits per heavy atom. The molecule has 0 saturated heterocycles. The summed E-state index contributed by atoms with van der Waals surface area (Å²) in [6.07, 6.45) is 0. The predicted octanol–water partition coefficient (Wildman–Crippen LogP) is 13.2. The van der Waals surface area contributed by atoms with Gasteiger partial charge in [-0.25, -0.2) is 15.0 Å². The van der Waals surface area contributed by atoms with Crippen molar-refractivity contribution in [3.05, 3.63) is 194 Å². The van der Waals surface area contributed by atoms with Crippen LogP contribution < -0.4 is 0 Å². The topological polar surface area (TPSA) is 56.7 Å². The molecule has 5 heteroatoms. The Morgan fingerprint density at radius 2 is 0.911 bits per heavy atom. The van der Waals surface area contributed by atoms with Gasteiger partial charge in [0.25, 0.3) is 0 Å². The van der Waals surface area contributed by atoms with Crippen molar-refractivity contribution in [1.82, 2.24) is 19.5 Å². The van der Waals surface area contributed by atoms with E-state index in [-0.39, 0.29) is 0 Å². The van der Waals surface area contributed by atoms with E-state index in [0.717, 1.165) is 66.6 Å². The fourth-order valence-electron chi connectivity index (χ4n) is 7.98.